The van der Waals surface area contributed by atoms with Gasteiger partial charge in [0.1, 0.15) is 5.75 Å². The number of phenols is 1. The molecule has 0 bridgehead atoms. The summed E-state index contributed by atoms with van der Waals surface area (Å²) < 4.78 is 0.764. The van der Waals surface area contributed by atoms with Crippen LogP contribution in [0.1, 0.15) is 18.4 Å². The predicted octanol–water partition coefficient (Wildman–Crippen LogP) is 2.45. The van der Waals surface area contributed by atoms with Crippen molar-refractivity contribution in [1.82, 2.24) is 5.32 Å². The molecule has 0 saturated carbocycles. The summed E-state index contributed by atoms with van der Waals surface area (Å²) in [5.74, 6) is 0.334. The van der Waals surface area contributed by atoms with Gasteiger partial charge in [-0.05, 0) is 59.4 Å². The summed E-state index contributed by atoms with van der Waals surface area (Å²) in [5, 5.41) is 13.0. The molecular weight excluding hydrogens is 242 g/mol. The molecule has 0 aliphatic carbocycles. The third-order valence-electron chi connectivity index (χ3n) is 2.66. The Bertz CT molecular complexity index is 321. The number of hydrogen-bond acceptors (Lipinski definition) is 2. The molecule has 1 fully saturated rings. The second-order valence-corrected chi connectivity index (χ2v) is 4.64. The summed E-state index contributed by atoms with van der Waals surface area (Å²) >= 11 is 3.28. The summed E-state index contributed by atoms with van der Waals surface area (Å²) in [6, 6.07) is 6.39. The Kier molecular flexibility index (Phi) is 3.08. The van der Waals surface area contributed by atoms with Gasteiger partial charge in [0.25, 0.3) is 0 Å². The number of nitrogens with one attached hydrogen (secondary N) is 1. The summed E-state index contributed by atoms with van der Waals surface area (Å²) in [5.41, 5.74) is 1.20. The molecule has 1 aliphatic heterocycles. The lowest BCUT2D eigenvalue weighted by molar-refractivity contribution is 0.470. The van der Waals surface area contributed by atoms with Crippen LogP contribution >= 0.6 is 15.9 Å². The lowest BCUT2D eigenvalue weighted by atomic mass is 10.0. The van der Waals surface area contributed by atoms with Crippen LogP contribution in [0.3, 0.4) is 0 Å². The largest absolute Gasteiger partial charge is 0.507 e. The normalized spacial score (nSPS) is 21.4. The SMILES string of the molecule is Oc1cc(CC2CCCN2)ccc1Br. The number of benzene rings is 1. The van der Waals surface area contributed by atoms with Crippen molar-refractivity contribution in [1.29, 1.82) is 0 Å². The molecule has 2 nitrogen and oxygen atoms in total. The number of aromatic hydroxyl groups is 1. The molecule has 3 heteroatoms. The second-order valence-electron chi connectivity index (χ2n) is 3.78. The molecule has 1 atom stereocenters. The van der Waals surface area contributed by atoms with E-state index < -0.39 is 0 Å². The van der Waals surface area contributed by atoms with Crippen LogP contribution in [0, 0.1) is 0 Å². The molecular formula is C11H14BrNO. The monoisotopic (exact) mass is 255 g/mol. The van der Waals surface area contributed by atoms with Crippen LogP contribution in [0.5, 0.6) is 5.75 Å². The number of rotatable bonds is 2. The highest BCUT2D eigenvalue weighted by molar-refractivity contribution is 9.10. The van der Waals surface area contributed by atoms with Gasteiger partial charge in [-0.3, -0.25) is 0 Å². The van der Waals surface area contributed by atoms with Crippen LogP contribution < -0.4 is 5.32 Å². The van der Waals surface area contributed by atoms with E-state index in [4.69, 9.17) is 0 Å². The van der Waals surface area contributed by atoms with Crippen LogP contribution in [0.25, 0.3) is 0 Å². The highest BCUT2D eigenvalue weighted by Gasteiger charge is 2.14. The number of hydrogen-bond donors (Lipinski definition) is 2. The van der Waals surface area contributed by atoms with Gasteiger partial charge in [-0.2, -0.15) is 0 Å². The molecule has 2 N–H and O–H groups in total. The van der Waals surface area contributed by atoms with Crippen LogP contribution in [0.2, 0.25) is 0 Å². The summed E-state index contributed by atoms with van der Waals surface area (Å²) in [7, 11) is 0. The molecule has 1 heterocycles. The number of phenolic OH excluding ortho intramolecular Hbond substituents is 1. The maximum absolute atomic E-state index is 9.51. The molecule has 0 aromatic heterocycles. The van der Waals surface area contributed by atoms with Gasteiger partial charge < -0.3 is 10.4 Å². The zero-order valence-electron chi connectivity index (χ0n) is 7.96. The van der Waals surface area contributed by atoms with Crippen molar-refractivity contribution in [3.05, 3.63) is 28.2 Å². The summed E-state index contributed by atoms with van der Waals surface area (Å²) in [6.07, 6.45) is 3.53. The van der Waals surface area contributed by atoms with Crippen molar-refractivity contribution >= 4 is 15.9 Å². The smallest absolute Gasteiger partial charge is 0.130 e. The van der Waals surface area contributed by atoms with Gasteiger partial charge in [-0.1, -0.05) is 6.07 Å². The molecule has 1 aromatic rings. The minimum atomic E-state index is 0.334. The Balaban J connectivity index is 2.05. The lowest BCUT2D eigenvalue weighted by Gasteiger charge is -2.10. The van der Waals surface area contributed by atoms with E-state index in [1.165, 1.54) is 18.4 Å². The van der Waals surface area contributed by atoms with E-state index in [2.05, 4.69) is 27.3 Å². The quantitative estimate of drug-likeness (QED) is 0.851. The topological polar surface area (TPSA) is 32.3 Å². The van der Waals surface area contributed by atoms with Crippen LogP contribution in [-0.4, -0.2) is 17.7 Å². The molecule has 2 rings (SSSR count). The van der Waals surface area contributed by atoms with Gasteiger partial charge in [0.05, 0.1) is 4.47 Å². The van der Waals surface area contributed by atoms with Crippen molar-refractivity contribution in [2.75, 3.05) is 6.54 Å². The second kappa shape index (κ2) is 4.32. The van der Waals surface area contributed by atoms with E-state index in [1.807, 2.05) is 12.1 Å². The van der Waals surface area contributed by atoms with E-state index in [9.17, 15) is 5.11 Å². The van der Waals surface area contributed by atoms with E-state index in [0.29, 0.717) is 11.8 Å². The number of halogens is 1. The maximum Gasteiger partial charge on any atom is 0.130 e. The van der Waals surface area contributed by atoms with E-state index >= 15 is 0 Å². The van der Waals surface area contributed by atoms with E-state index in [-0.39, 0.29) is 0 Å². The van der Waals surface area contributed by atoms with Gasteiger partial charge in [-0.15, -0.1) is 0 Å². The van der Waals surface area contributed by atoms with Gasteiger partial charge in [0, 0.05) is 6.04 Å². The van der Waals surface area contributed by atoms with Gasteiger partial charge >= 0.3 is 0 Å². The van der Waals surface area contributed by atoms with Crippen molar-refractivity contribution in [3.8, 4) is 5.75 Å². The Morgan fingerprint density at radius 3 is 3.00 bits per heavy atom. The molecule has 0 radical (unpaired) electrons. The van der Waals surface area contributed by atoms with Crippen molar-refractivity contribution in [2.24, 2.45) is 0 Å². The fraction of sp³-hybridized carbons (Fsp3) is 0.455. The fourth-order valence-corrected chi connectivity index (χ4v) is 2.15. The van der Waals surface area contributed by atoms with Crippen LogP contribution in [0.15, 0.2) is 22.7 Å². The molecule has 76 valence electrons. The zero-order valence-corrected chi connectivity index (χ0v) is 9.55. The third kappa shape index (κ3) is 2.28. The molecule has 1 unspecified atom stereocenters. The fourth-order valence-electron chi connectivity index (χ4n) is 1.90. The Morgan fingerprint density at radius 1 is 1.50 bits per heavy atom. The van der Waals surface area contributed by atoms with Gasteiger partial charge in [0.15, 0.2) is 0 Å². The average molecular weight is 256 g/mol. The third-order valence-corrected chi connectivity index (χ3v) is 3.33. The zero-order chi connectivity index (χ0) is 9.97. The minimum Gasteiger partial charge on any atom is -0.507 e. The van der Waals surface area contributed by atoms with Crippen molar-refractivity contribution < 1.29 is 5.11 Å². The molecule has 0 spiro atoms. The van der Waals surface area contributed by atoms with E-state index in [0.717, 1.165) is 17.4 Å². The van der Waals surface area contributed by atoms with Crippen LogP contribution in [-0.2, 0) is 6.42 Å². The Labute approximate surface area is 92.5 Å². The maximum atomic E-state index is 9.51. The summed E-state index contributed by atoms with van der Waals surface area (Å²) in [4.78, 5) is 0. The molecule has 1 aromatic carbocycles. The molecule has 0 amide bonds. The average Bonchev–Trinajstić information content (AvgIpc) is 2.64. The molecule has 1 saturated heterocycles. The highest BCUT2D eigenvalue weighted by atomic mass is 79.9. The standard InChI is InChI=1S/C11H14BrNO/c12-10-4-3-8(7-11(10)14)6-9-2-1-5-13-9/h3-4,7,9,13-14H,1-2,5-6H2. The molecule has 1 aliphatic rings. The summed E-state index contributed by atoms with van der Waals surface area (Å²) in [6.45, 7) is 1.13. The first-order chi connectivity index (χ1) is 6.75. The first-order valence-electron chi connectivity index (χ1n) is 4.96. The Morgan fingerprint density at radius 2 is 2.36 bits per heavy atom. The highest BCUT2D eigenvalue weighted by Crippen LogP contribution is 2.25. The van der Waals surface area contributed by atoms with Crippen molar-refractivity contribution in [3.63, 3.8) is 0 Å². The molecule has 14 heavy (non-hydrogen) atoms. The Hall–Kier alpha value is -0.540. The predicted molar refractivity (Wildman–Crippen MR) is 60.5 cm³/mol. The van der Waals surface area contributed by atoms with Crippen LogP contribution in [0.4, 0.5) is 0 Å². The van der Waals surface area contributed by atoms with Gasteiger partial charge in [-0.25, -0.2) is 0 Å². The minimum absolute atomic E-state index is 0.334. The van der Waals surface area contributed by atoms with Crippen molar-refractivity contribution in [2.45, 2.75) is 25.3 Å². The lowest BCUT2D eigenvalue weighted by Crippen LogP contribution is -2.23. The first-order valence-corrected chi connectivity index (χ1v) is 5.76. The van der Waals surface area contributed by atoms with E-state index in [1.54, 1.807) is 0 Å². The van der Waals surface area contributed by atoms with Gasteiger partial charge in [0.2, 0.25) is 0 Å². The first kappa shape index (κ1) is 9.99.